The van der Waals surface area contributed by atoms with E-state index in [1.807, 2.05) is 48.6 Å². The number of anilines is 1. The molecule has 2 amide bonds. The Morgan fingerprint density at radius 1 is 1.31 bits per heavy atom. The molecule has 0 aliphatic carbocycles. The number of nitrogens with zero attached hydrogens (tertiary/aromatic N) is 3. The van der Waals surface area contributed by atoms with E-state index in [1.165, 1.54) is 5.56 Å². The summed E-state index contributed by atoms with van der Waals surface area (Å²) in [6.07, 6.45) is 5.22. The molecule has 29 heavy (non-hydrogen) atoms. The second-order valence-corrected chi connectivity index (χ2v) is 8.55. The number of aryl methyl sites for hydroxylation is 1. The van der Waals surface area contributed by atoms with Crippen molar-refractivity contribution < 1.29 is 14.3 Å². The smallest absolute Gasteiger partial charge is 0.407 e. The van der Waals surface area contributed by atoms with E-state index in [2.05, 4.69) is 23.3 Å². The number of aromatic nitrogens is 2. The van der Waals surface area contributed by atoms with Crippen molar-refractivity contribution in [3.8, 4) is 11.3 Å². The summed E-state index contributed by atoms with van der Waals surface area (Å²) < 4.78 is 7.17. The first-order chi connectivity index (χ1) is 13.6. The molecular formula is C22H30N4O3. The Bertz CT molecular complexity index is 898. The van der Waals surface area contributed by atoms with Gasteiger partial charge in [-0.05, 0) is 58.2 Å². The molecule has 2 aromatic rings. The zero-order valence-electron chi connectivity index (χ0n) is 17.9. The molecule has 0 unspecified atom stereocenters. The fourth-order valence-electron chi connectivity index (χ4n) is 3.62. The van der Waals surface area contributed by atoms with Crippen LogP contribution in [0.5, 0.6) is 0 Å². The molecule has 1 aliphatic heterocycles. The van der Waals surface area contributed by atoms with Crippen molar-refractivity contribution in [3.05, 3.63) is 36.3 Å². The fraction of sp³-hybridized carbons (Fsp3) is 0.500. The van der Waals surface area contributed by atoms with Crippen molar-refractivity contribution in [1.29, 1.82) is 0 Å². The number of fused-ring (bicyclic) bond motifs is 1. The standard InChI is InChI=1S/C22H30N4O3/c1-15-6-7-18-12-17(8-9-20(18)26(15)16(2)27)19-13-25(14-24-19)11-10-23-21(28)29-22(3,4)5/h8-9,12-15H,6-7,10-11H2,1-5H3,(H,23,28)/t15-/m0/s1. The van der Waals surface area contributed by atoms with Gasteiger partial charge >= 0.3 is 6.09 Å². The molecular weight excluding hydrogens is 368 g/mol. The number of hydrogen-bond donors (Lipinski definition) is 1. The lowest BCUT2D eigenvalue weighted by molar-refractivity contribution is -0.117. The Morgan fingerprint density at radius 2 is 2.07 bits per heavy atom. The predicted octanol–water partition coefficient (Wildman–Crippen LogP) is 3.76. The zero-order chi connectivity index (χ0) is 21.2. The number of imidazole rings is 1. The van der Waals surface area contributed by atoms with Crippen LogP contribution in [0.15, 0.2) is 30.7 Å². The number of amides is 2. The number of hydrogen-bond acceptors (Lipinski definition) is 4. The number of benzene rings is 1. The highest BCUT2D eigenvalue weighted by Gasteiger charge is 2.26. The third-order valence-corrected chi connectivity index (χ3v) is 4.92. The topological polar surface area (TPSA) is 76.5 Å². The van der Waals surface area contributed by atoms with Crippen molar-refractivity contribution >= 4 is 17.7 Å². The van der Waals surface area contributed by atoms with Crippen molar-refractivity contribution in [2.45, 2.75) is 65.6 Å². The van der Waals surface area contributed by atoms with Gasteiger partial charge in [-0.25, -0.2) is 9.78 Å². The van der Waals surface area contributed by atoms with Crippen LogP contribution in [-0.4, -0.2) is 39.7 Å². The first-order valence-corrected chi connectivity index (χ1v) is 10.1. The van der Waals surface area contributed by atoms with Crippen LogP contribution in [0.3, 0.4) is 0 Å². The van der Waals surface area contributed by atoms with Crippen LogP contribution in [-0.2, 0) is 22.5 Å². The maximum Gasteiger partial charge on any atom is 0.407 e. The monoisotopic (exact) mass is 398 g/mol. The van der Waals surface area contributed by atoms with E-state index in [-0.39, 0.29) is 11.9 Å². The summed E-state index contributed by atoms with van der Waals surface area (Å²) in [5.41, 5.74) is 3.57. The van der Waals surface area contributed by atoms with E-state index in [4.69, 9.17) is 4.74 Å². The lowest BCUT2D eigenvalue weighted by Gasteiger charge is -2.34. The minimum Gasteiger partial charge on any atom is -0.444 e. The molecule has 0 spiro atoms. The van der Waals surface area contributed by atoms with Gasteiger partial charge in [0.1, 0.15) is 5.60 Å². The Morgan fingerprint density at radius 3 is 2.76 bits per heavy atom. The molecule has 0 saturated carbocycles. The lowest BCUT2D eigenvalue weighted by Crippen LogP contribution is -2.40. The number of rotatable bonds is 4. The van der Waals surface area contributed by atoms with Crippen LogP contribution in [0.4, 0.5) is 10.5 Å². The largest absolute Gasteiger partial charge is 0.444 e. The molecule has 7 heteroatoms. The third-order valence-electron chi connectivity index (χ3n) is 4.92. The second kappa shape index (κ2) is 8.27. The van der Waals surface area contributed by atoms with Gasteiger partial charge in [-0.2, -0.15) is 0 Å². The number of ether oxygens (including phenoxy) is 1. The fourth-order valence-corrected chi connectivity index (χ4v) is 3.62. The van der Waals surface area contributed by atoms with Gasteiger partial charge in [-0.15, -0.1) is 0 Å². The highest BCUT2D eigenvalue weighted by atomic mass is 16.6. The van der Waals surface area contributed by atoms with Crippen molar-refractivity contribution in [2.75, 3.05) is 11.4 Å². The molecule has 2 heterocycles. The normalized spacial score (nSPS) is 16.3. The maximum atomic E-state index is 12.0. The summed E-state index contributed by atoms with van der Waals surface area (Å²) in [5, 5.41) is 2.75. The van der Waals surface area contributed by atoms with Crippen LogP contribution in [0.25, 0.3) is 11.3 Å². The summed E-state index contributed by atoms with van der Waals surface area (Å²) in [6, 6.07) is 6.38. The zero-order valence-corrected chi connectivity index (χ0v) is 17.9. The highest BCUT2D eigenvalue weighted by Crippen LogP contribution is 2.33. The van der Waals surface area contributed by atoms with Gasteiger partial charge in [0.05, 0.1) is 12.0 Å². The number of alkyl carbamates (subject to hydrolysis) is 1. The van der Waals surface area contributed by atoms with Crippen molar-refractivity contribution in [3.63, 3.8) is 0 Å². The second-order valence-electron chi connectivity index (χ2n) is 8.55. The van der Waals surface area contributed by atoms with Gasteiger partial charge < -0.3 is 19.5 Å². The highest BCUT2D eigenvalue weighted by molar-refractivity contribution is 5.93. The number of carbonyl (C=O) groups is 2. The van der Waals surface area contributed by atoms with Gasteiger partial charge in [-0.3, -0.25) is 4.79 Å². The number of nitrogens with one attached hydrogen (secondary N) is 1. The van der Waals surface area contributed by atoms with Crippen LogP contribution in [0, 0.1) is 0 Å². The molecule has 3 rings (SSSR count). The average molecular weight is 399 g/mol. The van der Waals surface area contributed by atoms with Crippen LogP contribution < -0.4 is 10.2 Å². The van der Waals surface area contributed by atoms with Crippen LogP contribution in [0.2, 0.25) is 0 Å². The quantitative estimate of drug-likeness (QED) is 0.851. The maximum absolute atomic E-state index is 12.0. The first kappa shape index (κ1) is 20.9. The van der Waals surface area contributed by atoms with Gasteiger partial charge in [0, 0.05) is 43.5 Å². The molecule has 156 valence electrons. The average Bonchev–Trinajstić information content (AvgIpc) is 3.08. The molecule has 0 fully saturated rings. The van der Waals surface area contributed by atoms with E-state index in [0.29, 0.717) is 13.1 Å². The lowest BCUT2D eigenvalue weighted by atomic mass is 9.94. The van der Waals surface area contributed by atoms with Gasteiger partial charge in [0.2, 0.25) is 5.91 Å². The van der Waals surface area contributed by atoms with Crippen LogP contribution in [0.1, 0.15) is 46.6 Å². The molecule has 0 radical (unpaired) electrons. The van der Waals surface area contributed by atoms with Crippen molar-refractivity contribution in [2.24, 2.45) is 0 Å². The Balaban J connectivity index is 1.65. The predicted molar refractivity (Wildman–Crippen MR) is 113 cm³/mol. The Hall–Kier alpha value is -2.83. The van der Waals surface area contributed by atoms with Crippen LogP contribution >= 0.6 is 0 Å². The molecule has 0 saturated heterocycles. The third kappa shape index (κ3) is 5.16. The van der Waals surface area contributed by atoms with Gasteiger partial charge in [-0.1, -0.05) is 6.07 Å². The van der Waals surface area contributed by atoms with E-state index in [9.17, 15) is 9.59 Å². The summed E-state index contributed by atoms with van der Waals surface area (Å²) in [6.45, 7) is 10.3. The minimum atomic E-state index is -0.505. The SMILES string of the molecule is CC(=O)N1c2ccc(-c3cn(CCNC(=O)OC(C)(C)C)cn3)cc2CC[C@@H]1C. The molecule has 1 atom stereocenters. The first-order valence-electron chi connectivity index (χ1n) is 10.1. The van der Waals surface area contributed by atoms with Crippen molar-refractivity contribution in [1.82, 2.24) is 14.9 Å². The Labute approximate surface area is 172 Å². The molecule has 1 aromatic heterocycles. The van der Waals surface area contributed by atoms with Gasteiger partial charge in [0.15, 0.2) is 0 Å². The summed E-state index contributed by atoms with van der Waals surface area (Å²) >= 11 is 0. The minimum absolute atomic E-state index is 0.0768. The van der Waals surface area contributed by atoms with E-state index >= 15 is 0 Å². The number of carbonyl (C=O) groups excluding carboxylic acids is 2. The molecule has 0 bridgehead atoms. The summed E-state index contributed by atoms with van der Waals surface area (Å²) in [7, 11) is 0. The van der Waals surface area contributed by atoms with Gasteiger partial charge in [0.25, 0.3) is 0 Å². The molecule has 1 N–H and O–H groups in total. The summed E-state index contributed by atoms with van der Waals surface area (Å²) in [4.78, 5) is 30.1. The van der Waals surface area contributed by atoms with E-state index in [1.54, 1.807) is 13.3 Å². The summed E-state index contributed by atoms with van der Waals surface area (Å²) in [5.74, 6) is 0.0768. The molecule has 7 nitrogen and oxygen atoms in total. The molecule has 1 aliphatic rings. The van der Waals surface area contributed by atoms with E-state index < -0.39 is 11.7 Å². The van der Waals surface area contributed by atoms with E-state index in [0.717, 1.165) is 29.8 Å². The molecule has 1 aromatic carbocycles. The Kier molecular flexibility index (Phi) is 5.96.